The van der Waals surface area contributed by atoms with Crippen LogP contribution in [-0.2, 0) is 0 Å². The maximum atomic E-state index is 12.0. The molecule has 3 N–H and O–H groups in total. The van der Waals surface area contributed by atoms with E-state index in [1.807, 2.05) is 0 Å². The van der Waals surface area contributed by atoms with Crippen molar-refractivity contribution in [3.8, 4) is 5.75 Å². The standard InChI is InChI=1S/C14H20N2O2.ClH/c1-18-13-8-2-10(3-9-13)14(17)16-12-6-4-11(15)5-7-12;/h2-3,8-9,11-12H,4-7,15H2,1H3,(H,16,17);1H. The van der Waals surface area contributed by atoms with Crippen LogP contribution in [-0.4, -0.2) is 25.1 Å². The lowest BCUT2D eigenvalue weighted by atomic mass is 9.91. The predicted octanol–water partition coefficient (Wildman–Crippen LogP) is 2.12. The summed E-state index contributed by atoms with van der Waals surface area (Å²) in [6, 6.07) is 7.72. The van der Waals surface area contributed by atoms with Gasteiger partial charge >= 0.3 is 0 Å². The number of methoxy groups -OCH3 is 1. The summed E-state index contributed by atoms with van der Waals surface area (Å²) in [4.78, 5) is 12.0. The van der Waals surface area contributed by atoms with Crippen molar-refractivity contribution in [1.29, 1.82) is 0 Å². The van der Waals surface area contributed by atoms with Crippen molar-refractivity contribution >= 4 is 18.3 Å². The maximum Gasteiger partial charge on any atom is 0.251 e. The third-order valence-corrected chi connectivity index (χ3v) is 3.46. The van der Waals surface area contributed by atoms with Crippen LogP contribution in [0.15, 0.2) is 24.3 Å². The number of nitrogens with one attached hydrogen (secondary N) is 1. The molecule has 1 aliphatic rings. The molecule has 0 heterocycles. The van der Waals surface area contributed by atoms with Crippen LogP contribution in [0, 0.1) is 0 Å². The Morgan fingerprint density at radius 3 is 2.32 bits per heavy atom. The van der Waals surface area contributed by atoms with Gasteiger partial charge < -0.3 is 15.8 Å². The molecule has 1 aromatic carbocycles. The minimum atomic E-state index is -0.0156. The summed E-state index contributed by atoms with van der Waals surface area (Å²) < 4.78 is 5.07. The van der Waals surface area contributed by atoms with Gasteiger partial charge in [-0.2, -0.15) is 0 Å². The molecular formula is C14H21ClN2O2. The average Bonchev–Trinajstić information content (AvgIpc) is 2.41. The summed E-state index contributed by atoms with van der Waals surface area (Å²) in [5.74, 6) is 0.744. The van der Waals surface area contributed by atoms with Gasteiger partial charge in [-0.1, -0.05) is 0 Å². The Kier molecular flexibility index (Phi) is 6.12. The van der Waals surface area contributed by atoms with Gasteiger partial charge in [0.2, 0.25) is 0 Å². The van der Waals surface area contributed by atoms with Gasteiger partial charge in [-0.05, 0) is 49.9 Å². The molecule has 0 radical (unpaired) electrons. The predicted molar refractivity (Wildman–Crippen MR) is 77.9 cm³/mol. The number of carbonyl (C=O) groups is 1. The molecule has 2 rings (SSSR count). The Morgan fingerprint density at radius 1 is 1.21 bits per heavy atom. The highest BCUT2D eigenvalue weighted by Gasteiger charge is 2.20. The van der Waals surface area contributed by atoms with E-state index >= 15 is 0 Å². The summed E-state index contributed by atoms with van der Waals surface area (Å²) in [6.45, 7) is 0. The second-order valence-electron chi connectivity index (χ2n) is 4.81. The molecule has 0 saturated heterocycles. The van der Waals surface area contributed by atoms with Gasteiger partial charge in [0.1, 0.15) is 5.75 Å². The van der Waals surface area contributed by atoms with E-state index in [0.717, 1.165) is 31.4 Å². The van der Waals surface area contributed by atoms with E-state index in [2.05, 4.69) is 5.32 Å². The zero-order chi connectivity index (χ0) is 13.0. The number of hydrogen-bond donors (Lipinski definition) is 2. The monoisotopic (exact) mass is 284 g/mol. The van der Waals surface area contributed by atoms with E-state index in [1.165, 1.54) is 0 Å². The van der Waals surface area contributed by atoms with Crippen LogP contribution in [0.2, 0.25) is 0 Å². The first kappa shape index (κ1) is 15.8. The van der Waals surface area contributed by atoms with E-state index in [-0.39, 0.29) is 24.4 Å². The quantitative estimate of drug-likeness (QED) is 0.893. The molecule has 19 heavy (non-hydrogen) atoms. The summed E-state index contributed by atoms with van der Waals surface area (Å²) in [7, 11) is 1.61. The number of benzene rings is 1. The lowest BCUT2D eigenvalue weighted by Crippen LogP contribution is -2.40. The first-order valence-corrected chi connectivity index (χ1v) is 6.39. The fourth-order valence-corrected chi connectivity index (χ4v) is 2.27. The van der Waals surface area contributed by atoms with Crippen molar-refractivity contribution in [1.82, 2.24) is 5.32 Å². The smallest absolute Gasteiger partial charge is 0.251 e. The molecule has 1 aromatic rings. The maximum absolute atomic E-state index is 12.0. The second-order valence-corrected chi connectivity index (χ2v) is 4.81. The highest BCUT2D eigenvalue weighted by atomic mass is 35.5. The third-order valence-electron chi connectivity index (χ3n) is 3.46. The van der Waals surface area contributed by atoms with Gasteiger partial charge in [-0.15, -0.1) is 12.4 Å². The molecule has 5 heteroatoms. The topological polar surface area (TPSA) is 64.3 Å². The Labute approximate surface area is 120 Å². The highest BCUT2D eigenvalue weighted by Crippen LogP contribution is 2.18. The van der Waals surface area contributed by atoms with Crippen LogP contribution in [0.25, 0.3) is 0 Å². The fraction of sp³-hybridized carbons (Fsp3) is 0.500. The van der Waals surface area contributed by atoms with Crippen molar-refractivity contribution in [3.05, 3.63) is 29.8 Å². The first-order chi connectivity index (χ1) is 8.69. The van der Waals surface area contributed by atoms with E-state index in [4.69, 9.17) is 10.5 Å². The van der Waals surface area contributed by atoms with Gasteiger partial charge in [-0.3, -0.25) is 4.79 Å². The van der Waals surface area contributed by atoms with Gasteiger partial charge in [0, 0.05) is 17.6 Å². The van der Waals surface area contributed by atoms with Gasteiger partial charge in [-0.25, -0.2) is 0 Å². The molecule has 4 nitrogen and oxygen atoms in total. The zero-order valence-electron chi connectivity index (χ0n) is 11.1. The third kappa shape index (κ3) is 4.40. The van der Waals surface area contributed by atoms with Gasteiger partial charge in [0.15, 0.2) is 0 Å². The number of hydrogen-bond acceptors (Lipinski definition) is 3. The van der Waals surface area contributed by atoms with Crippen LogP contribution in [0.3, 0.4) is 0 Å². The molecule has 1 aliphatic carbocycles. The van der Waals surface area contributed by atoms with E-state index in [9.17, 15) is 4.79 Å². The minimum Gasteiger partial charge on any atom is -0.497 e. The second kappa shape index (κ2) is 7.36. The number of ether oxygens (including phenoxy) is 1. The number of nitrogens with two attached hydrogens (primary N) is 1. The van der Waals surface area contributed by atoms with Crippen molar-refractivity contribution in [3.63, 3.8) is 0 Å². The molecule has 1 saturated carbocycles. The van der Waals surface area contributed by atoms with Gasteiger partial charge in [0.25, 0.3) is 5.91 Å². The fourth-order valence-electron chi connectivity index (χ4n) is 2.27. The Balaban J connectivity index is 0.00000180. The number of amides is 1. The Morgan fingerprint density at radius 2 is 1.79 bits per heavy atom. The number of halogens is 1. The summed E-state index contributed by atoms with van der Waals surface area (Å²) in [5, 5.41) is 3.06. The molecule has 0 atom stereocenters. The average molecular weight is 285 g/mol. The minimum absolute atomic E-state index is 0. The largest absolute Gasteiger partial charge is 0.497 e. The number of carbonyl (C=O) groups excluding carboxylic acids is 1. The first-order valence-electron chi connectivity index (χ1n) is 6.39. The summed E-state index contributed by atoms with van der Waals surface area (Å²) in [6.07, 6.45) is 3.94. The lowest BCUT2D eigenvalue weighted by Gasteiger charge is -2.26. The molecule has 0 bridgehead atoms. The molecule has 0 spiro atoms. The Bertz CT molecular complexity index is 400. The molecular weight excluding hydrogens is 264 g/mol. The van der Waals surface area contributed by atoms with Crippen LogP contribution >= 0.6 is 12.4 Å². The van der Waals surface area contributed by atoms with Crippen LogP contribution < -0.4 is 15.8 Å². The highest BCUT2D eigenvalue weighted by molar-refractivity contribution is 5.94. The van der Waals surface area contributed by atoms with Gasteiger partial charge in [0.05, 0.1) is 7.11 Å². The van der Waals surface area contributed by atoms with E-state index < -0.39 is 0 Å². The van der Waals surface area contributed by atoms with Crippen LogP contribution in [0.5, 0.6) is 5.75 Å². The van der Waals surface area contributed by atoms with Crippen LogP contribution in [0.4, 0.5) is 0 Å². The van der Waals surface area contributed by atoms with E-state index in [0.29, 0.717) is 11.6 Å². The molecule has 0 unspecified atom stereocenters. The van der Waals surface area contributed by atoms with Crippen molar-refractivity contribution in [2.45, 2.75) is 37.8 Å². The normalized spacial score (nSPS) is 22.2. The zero-order valence-corrected chi connectivity index (χ0v) is 11.9. The molecule has 0 aromatic heterocycles. The van der Waals surface area contributed by atoms with E-state index in [1.54, 1.807) is 31.4 Å². The summed E-state index contributed by atoms with van der Waals surface area (Å²) in [5.41, 5.74) is 6.52. The molecule has 0 aliphatic heterocycles. The van der Waals surface area contributed by atoms with Crippen molar-refractivity contribution < 1.29 is 9.53 Å². The Hall–Kier alpha value is -1.26. The number of rotatable bonds is 3. The molecule has 1 amide bonds. The SMILES string of the molecule is COc1ccc(C(=O)NC2CCC(N)CC2)cc1.Cl. The van der Waals surface area contributed by atoms with Crippen LogP contribution in [0.1, 0.15) is 36.0 Å². The van der Waals surface area contributed by atoms with Crippen molar-refractivity contribution in [2.24, 2.45) is 5.73 Å². The molecule has 106 valence electrons. The van der Waals surface area contributed by atoms with Crippen molar-refractivity contribution in [2.75, 3.05) is 7.11 Å². The summed E-state index contributed by atoms with van der Waals surface area (Å²) >= 11 is 0. The molecule has 1 fully saturated rings. The lowest BCUT2D eigenvalue weighted by molar-refractivity contribution is 0.0926.